The molecule has 0 bridgehead atoms. The second-order valence-electron chi connectivity index (χ2n) is 4.34. The molecule has 2 rings (SSSR count). The third-order valence-electron chi connectivity index (χ3n) is 2.80. The molecule has 0 aliphatic heterocycles. The number of rotatable bonds is 3. The van der Waals surface area contributed by atoms with Crippen molar-refractivity contribution >= 4 is 48.9 Å². The van der Waals surface area contributed by atoms with Crippen LogP contribution in [0, 0.1) is 12.7 Å². The van der Waals surface area contributed by atoms with Crippen molar-refractivity contribution in [3.63, 3.8) is 0 Å². The van der Waals surface area contributed by atoms with Crippen LogP contribution < -0.4 is 10.5 Å². The Morgan fingerprint density at radius 1 is 1.33 bits per heavy atom. The second-order valence-corrected chi connectivity index (χ2v) is 7.25. The predicted molar refractivity (Wildman–Crippen MR) is 85.5 cm³/mol. The van der Waals surface area contributed by atoms with Gasteiger partial charge in [-0.2, -0.15) is 0 Å². The molecule has 0 fully saturated rings. The number of nitrogen functional groups attached to an aromatic ring is 1. The van der Waals surface area contributed by atoms with Crippen LogP contribution in [0.5, 0.6) is 0 Å². The third kappa shape index (κ3) is 3.30. The van der Waals surface area contributed by atoms with Gasteiger partial charge < -0.3 is 5.73 Å². The molecule has 0 aliphatic carbocycles. The van der Waals surface area contributed by atoms with Crippen LogP contribution in [-0.4, -0.2) is 8.42 Å². The van der Waals surface area contributed by atoms with E-state index in [0.717, 1.165) is 12.1 Å². The highest BCUT2D eigenvalue weighted by atomic mass is 79.9. The number of sulfonamides is 1. The van der Waals surface area contributed by atoms with Crippen LogP contribution in [0.4, 0.5) is 15.8 Å². The van der Waals surface area contributed by atoms with Gasteiger partial charge in [-0.25, -0.2) is 12.8 Å². The molecular weight excluding hydrogens is 383 g/mol. The van der Waals surface area contributed by atoms with Crippen LogP contribution in [0.1, 0.15) is 5.56 Å². The topological polar surface area (TPSA) is 72.2 Å². The summed E-state index contributed by atoms with van der Waals surface area (Å²) in [4.78, 5) is -0.227. The fourth-order valence-corrected chi connectivity index (χ4v) is 3.84. The fourth-order valence-electron chi connectivity index (χ4n) is 1.73. The van der Waals surface area contributed by atoms with E-state index < -0.39 is 15.8 Å². The zero-order valence-electron chi connectivity index (χ0n) is 10.8. The van der Waals surface area contributed by atoms with Crippen molar-refractivity contribution in [1.29, 1.82) is 0 Å². The summed E-state index contributed by atoms with van der Waals surface area (Å²) in [5.41, 5.74) is 6.33. The van der Waals surface area contributed by atoms with Crippen LogP contribution in [0.3, 0.4) is 0 Å². The molecule has 112 valence electrons. The predicted octanol–water partition coefficient (Wildman–Crippen LogP) is 3.93. The van der Waals surface area contributed by atoms with Gasteiger partial charge in [-0.1, -0.05) is 23.7 Å². The van der Waals surface area contributed by atoms with Crippen molar-refractivity contribution in [2.45, 2.75) is 11.8 Å². The molecule has 2 aromatic carbocycles. The summed E-state index contributed by atoms with van der Waals surface area (Å²) in [7, 11) is -3.98. The molecule has 0 saturated carbocycles. The average molecular weight is 394 g/mol. The van der Waals surface area contributed by atoms with Gasteiger partial charge >= 0.3 is 0 Å². The Morgan fingerprint density at radius 3 is 2.62 bits per heavy atom. The summed E-state index contributed by atoms with van der Waals surface area (Å²) in [5.74, 6) is -0.639. The normalized spacial score (nSPS) is 11.4. The number of aryl methyl sites for hydroxylation is 1. The number of halogens is 3. The Morgan fingerprint density at radius 2 is 2.00 bits per heavy atom. The maximum atomic E-state index is 13.3. The molecule has 0 amide bonds. The fraction of sp³-hybridized carbons (Fsp3) is 0.0769. The summed E-state index contributed by atoms with van der Waals surface area (Å²) in [6.07, 6.45) is 0. The maximum absolute atomic E-state index is 13.3. The monoisotopic (exact) mass is 392 g/mol. The highest BCUT2D eigenvalue weighted by Gasteiger charge is 2.21. The van der Waals surface area contributed by atoms with E-state index in [9.17, 15) is 12.8 Å². The maximum Gasteiger partial charge on any atom is 0.264 e. The number of benzene rings is 2. The molecule has 3 N–H and O–H groups in total. The highest BCUT2D eigenvalue weighted by molar-refractivity contribution is 9.10. The number of nitrogens with two attached hydrogens (primary N) is 1. The van der Waals surface area contributed by atoms with Gasteiger partial charge in [-0.3, -0.25) is 4.72 Å². The Hall–Kier alpha value is -1.31. The van der Waals surface area contributed by atoms with Crippen LogP contribution in [0.2, 0.25) is 5.02 Å². The lowest BCUT2D eigenvalue weighted by molar-refractivity contribution is 0.599. The van der Waals surface area contributed by atoms with Crippen LogP contribution in [-0.2, 0) is 10.0 Å². The molecule has 0 aliphatic rings. The largest absolute Gasteiger partial charge is 0.398 e. The number of nitrogens with one attached hydrogen (secondary N) is 1. The van der Waals surface area contributed by atoms with Gasteiger partial charge in [0.1, 0.15) is 10.7 Å². The zero-order chi connectivity index (χ0) is 15.8. The van der Waals surface area contributed by atoms with E-state index in [1.165, 1.54) is 0 Å². The van der Waals surface area contributed by atoms with Gasteiger partial charge in [-0.05, 0) is 46.6 Å². The lowest BCUT2D eigenvalue weighted by Gasteiger charge is -2.14. The Labute approximate surface area is 135 Å². The average Bonchev–Trinajstić information content (AvgIpc) is 2.38. The SMILES string of the molecule is Cc1cccc(Cl)c1NS(=O)(=O)c1cc(Br)c(F)cc1N. The van der Waals surface area contributed by atoms with Crippen molar-refractivity contribution in [2.24, 2.45) is 0 Å². The number of hydrogen-bond donors (Lipinski definition) is 2. The minimum absolute atomic E-state index is 0.00737. The lowest BCUT2D eigenvalue weighted by atomic mass is 10.2. The summed E-state index contributed by atoms with van der Waals surface area (Å²) >= 11 is 8.93. The van der Waals surface area contributed by atoms with E-state index in [1.807, 2.05) is 0 Å². The van der Waals surface area contributed by atoms with E-state index in [0.29, 0.717) is 5.56 Å². The summed E-state index contributed by atoms with van der Waals surface area (Å²) in [6, 6.07) is 7.04. The first-order valence-corrected chi connectivity index (χ1v) is 8.40. The Balaban J connectivity index is 2.51. The van der Waals surface area contributed by atoms with E-state index in [4.69, 9.17) is 17.3 Å². The molecule has 0 spiro atoms. The van der Waals surface area contributed by atoms with Crippen molar-refractivity contribution in [3.05, 3.63) is 51.2 Å². The molecule has 21 heavy (non-hydrogen) atoms. The van der Waals surface area contributed by atoms with Crippen molar-refractivity contribution in [2.75, 3.05) is 10.5 Å². The van der Waals surface area contributed by atoms with Gasteiger partial charge in [0.15, 0.2) is 0 Å². The highest BCUT2D eigenvalue weighted by Crippen LogP contribution is 2.31. The van der Waals surface area contributed by atoms with Crippen LogP contribution >= 0.6 is 27.5 Å². The second kappa shape index (κ2) is 5.82. The minimum Gasteiger partial charge on any atom is -0.398 e. The molecule has 4 nitrogen and oxygen atoms in total. The summed E-state index contributed by atoms with van der Waals surface area (Å²) < 4.78 is 40.5. The van der Waals surface area contributed by atoms with E-state index in [1.54, 1.807) is 25.1 Å². The Bertz CT molecular complexity index is 792. The molecular formula is C13H11BrClFN2O2S. The molecule has 2 aromatic rings. The van der Waals surface area contributed by atoms with E-state index >= 15 is 0 Å². The number of para-hydroxylation sites is 1. The van der Waals surface area contributed by atoms with Gasteiger partial charge in [0.2, 0.25) is 0 Å². The standard InChI is InChI=1S/C13H11BrClFN2O2S/c1-7-3-2-4-9(15)13(7)18-21(19,20)12-5-8(14)10(16)6-11(12)17/h2-6,18H,17H2,1H3. The molecule has 0 saturated heterocycles. The summed E-state index contributed by atoms with van der Waals surface area (Å²) in [6.45, 7) is 1.72. The van der Waals surface area contributed by atoms with Gasteiger partial charge in [0.25, 0.3) is 10.0 Å². The molecule has 0 unspecified atom stereocenters. The van der Waals surface area contributed by atoms with Crippen LogP contribution in [0.15, 0.2) is 39.7 Å². The van der Waals surface area contributed by atoms with Crippen molar-refractivity contribution < 1.29 is 12.8 Å². The Kier molecular flexibility index (Phi) is 4.46. The molecule has 0 atom stereocenters. The van der Waals surface area contributed by atoms with Crippen LogP contribution in [0.25, 0.3) is 0 Å². The van der Waals surface area contributed by atoms with E-state index in [-0.39, 0.29) is 25.8 Å². The molecule has 0 heterocycles. The number of hydrogen-bond acceptors (Lipinski definition) is 3. The van der Waals surface area contributed by atoms with Gasteiger partial charge in [0, 0.05) is 0 Å². The minimum atomic E-state index is -3.98. The number of anilines is 2. The van der Waals surface area contributed by atoms with Gasteiger partial charge in [0.05, 0.1) is 20.9 Å². The van der Waals surface area contributed by atoms with Gasteiger partial charge in [-0.15, -0.1) is 0 Å². The molecule has 8 heteroatoms. The first-order valence-electron chi connectivity index (χ1n) is 5.75. The lowest BCUT2D eigenvalue weighted by Crippen LogP contribution is -2.16. The quantitative estimate of drug-likeness (QED) is 0.776. The van der Waals surface area contributed by atoms with Crippen molar-refractivity contribution in [3.8, 4) is 0 Å². The third-order valence-corrected chi connectivity index (χ3v) is 5.13. The summed E-state index contributed by atoms with van der Waals surface area (Å²) in [5, 5.41) is 0.262. The zero-order valence-corrected chi connectivity index (χ0v) is 14.0. The molecule has 0 radical (unpaired) electrons. The molecule has 0 aromatic heterocycles. The smallest absolute Gasteiger partial charge is 0.264 e. The first-order chi connectivity index (χ1) is 9.72. The first kappa shape index (κ1) is 16.1. The van der Waals surface area contributed by atoms with Crippen molar-refractivity contribution in [1.82, 2.24) is 0 Å². The van der Waals surface area contributed by atoms with E-state index in [2.05, 4.69) is 20.7 Å².